The minimum Gasteiger partial charge on any atom is -0.381 e. The molecule has 1 aliphatic heterocycles. The molecule has 0 aliphatic carbocycles. The maximum Gasteiger partial charge on any atom is 0.294 e. The molecular formula is C22H36N4O5. The molecular weight excluding hydrogens is 400 g/mol. The maximum absolute atomic E-state index is 12.2. The molecule has 1 saturated heterocycles. The SMILES string of the molecule is Cc1ccccc1CNC(CCOCC(C)C)N1CCN(C(=O)CCO[N+](=O)[O-])CC1. The summed E-state index contributed by atoms with van der Waals surface area (Å²) in [5, 5.41) is 13.0. The second-order valence-corrected chi connectivity index (χ2v) is 8.30. The predicted molar refractivity (Wildman–Crippen MR) is 118 cm³/mol. The van der Waals surface area contributed by atoms with Crippen LogP contribution < -0.4 is 5.32 Å². The molecule has 0 bridgehead atoms. The van der Waals surface area contributed by atoms with Gasteiger partial charge in [-0.05, 0) is 30.4 Å². The number of nitrogens with zero attached hydrogens (tertiary/aromatic N) is 3. The molecule has 174 valence electrons. The summed E-state index contributed by atoms with van der Waals surface area (Å²) < 4.78 is 5.81. The van der Waals surface area contributed by atoms with Crippen LogP contribution in [0.25, 0.3) is 0 Å². The van der Waals surface area contributed by atoms with Gasteiger partial charge < -0.3 is 14.5 Å². The molecule has 0 spiro atoms. The lowest BCUT2D eigenvalue weighted by atomic mass is 10.1. The first-order valence-corrected chi connectivity index (χ1v) is 11.0. The number of hydrogen-bond donors (Lipinski definition) is 1. The van der Waals surface area contributed by atoms with Gasteiger partial charge in [0, 0.05) is 45.9 Å². The topological polar surface area (TPSA) is 97.2 Å². The van der Waals surface area contributed by atoms with Gasteiger partial charge in [-0.15, -0.1) is 10.1 Å². The maximum atomic E-state index is 12.2. The Balaban J connectivity index is 1.86. The van der Waals surface area contributed by atoms with Gasteiger partial charge in [-0.1, -0.05) is 38.1 Å². The highest BCUT2D eigenvalue weighted by Gasteiger charge is 2.26. The van der Waals surface area contributed by atoms with Crippen molar-refractivity contribution >= 4 is 5.91 Å². The number of nitrogens with one attached hydrogen (secondary N) is 1. The lowest BCUT2D eigenvalue weighted by Gasteiger charge is -2.40. The van der Waals surface area contributed by atoms with Crippen LogP contribution in [0.5, 0.6) is 0 Å². The van der Waals surface area contributed by atoms with Gasteiger partial charge in [0.05, 0.1) is 12.6 Å². The number of carbonyl (C=O) groups excluding carboxylic acids is 1. The summed E-state index contributed by atoms with van der Waals surface area (Å²) in [7, 11) is 0. The molecule has 1 aromatic rings. The van der Waals surface area contributed by atoms with Crippen molar-refractivity contribution in [2.45, 2.75) is 46.3 Å². The average molecular weight is 437 g/mol. The number of rotatable bonds is 13. The summed E-state index contributed by atoms with van der Waals surface area (Å²) in [5.41, 5.74) is 2.53. The fraction of sp³-hybridized carbons (Fsp3) is 0.682. The number of aryl methyl sites for hydroxylation is 1. The third kappa shape index (κ3) is 9.20. The molecule has 0 radical (unpaired) electrons. The van der Waals surface area contributed by atoms with Crippen molar-refractivity contribution in [2.75, 3.05) is 46.0 Å². The van der Waals surface area contributed by atoms with Crippen molar-refractivity contribution in [1.29, 1.82) is 0 Å². The zero-order valence-electron chi connectivity index (χ0n) is 18.9. The van der Waals surface area contributed by atoms with E-state index in [2.05, 4.69) is 54.0 Å². The molecule has 2 rings (SSSR count). The monoisotopic (exact) mass is 436 g/mol. The third-order valence-corrected chi connectivity index (χ3v) is 5.40. The summed E-state index contributed by atoms with van der Waals surface area (Å²) in [6.45, 7) is 11.1. The van der Waals surface area contributed by atoms with E-state index in [0.29, 0.717) is 25.6 Å². The van der Waals surface area contributed by atoms with E-state index >= 15 is 0 Å². The van der Waals surface area contributed by atoms with Crippen LogP contribution in [0.4, 0.5) is 0 Å². The fourth-order valence-electron chi connectivity index (χ4n) is 3.61. The molecule has 1 unspecified atom stereocenters. The van der Waals surface area contributed by atoms with Crippen molar-refractivity contribution in [3.63, 3.8) is 0 Å². The molecule has 9 nitrogen and oxygen atoms in total. The molecule has 0 saturated carbocycles. The van der Waals surface area contributed by atoms with E-state index in [0.717, 1.165) is 32.7 Å². The van der Waals surface area contributed by atoms with Crippen LogP contribution in [0.2, 0.25) is 0 Å². The highest BCUT2D eigenvalue weighted by molar-refractivity contribution is 5.76. The Morgan fingerprint density at radius 3 is 2.55 bits per heavy atom. The molecule has 0 aromatic heterocycles. The molecule has 31 heavy (non-hydrogen) atoms. The van der Waals surface area contributed by atoms with Crippen molar-refractivity contribution in [1.82, 2.24) is 15.1 Å². The molecule has 1 aromatic carbocycles. The quantitative estimate of drug-likeness (QED) is 0.288. The zero-order chi connectivity index (χ0) is 22.6. The molecule has 1 atom stereocenters. The minimum absolute atomic E-state index is 0.0268. The van der Waals surface area contributed by atoms with Crippen LogP contribution in [-0.4, -0.2) is 73.0 Å². The second kappa shape index (κ2) is 13.2. The number of ether oxygens (including phenoxy) is 1. The Morgan fingerprint density at radius 2 is 1.90 bits per heavy atom. The van der Waals surface area contributed by atoms with E-state index in [4.69, 9.17) is 4.74 Å². The van der Waals surface area contributed by atoms with E-state index in [1.165, 1.54) is 11.1 Å². The van der Waals surface area contributed by atoms with Crippen LogP contribution in [0.15, 0.2) is 24.3 Å². The Hall–Kier alpha value is -2.23. The summed E-state index contributed by atoms with van der Waals surface area (Å²) in [6, 6.07) is 8.35. The van der Waals surface area contributed by atoms with Crippen LogP contribution in [0, 0.1) is 23.0 Å². The number of carbonyl (C=O) groups is 1. The smallest absolute Gasteiger partial charge is 0.294 e. The van der Waals surface area contributed by atoms with Crippen molar-refractivity contribution in [3.8, 4) is 0 Å². The zero-order valence-corrected chi connectivity index (χ0v) is 18.9. The van der Waals surface area contributed by atoms with Gasteiger partial charge in [0.15, 0.2) is 0 Å². The first-order valence-electron chi connectivity index (χ1n) is 11.0. The summed E-state index contributed by atoms with van der Waals surface area (Å²) in [4.78, 5) is 30.9. The van der Waals surface area contributed by atoms with Crippen LogP contribution in [-0.2, 0) is 20.9 Å². The number of amides is 1. The fourth-order valence-corrected chi connectivity index (χ4v) is 3.61. The summed E-state index contributed by atoms with van der Waals surface area (Å²) in [5.74, 6) is 0.401. The second-order valence-electron chi connectivity index (χ2n) is 8.30. The van der Waals surface area contributed by atoms with E-state index in [1.807, 2.05) is 6.07 Å². The Labute approximate surface area is 184 Å². The predicted octanol–water partition coefficient (Wildman–Crippen LogP) is 2.22. The highest BCUT2D eigenvalue weighted by Crippen LogP contribution is 2.12. The first-order chi connectivity index (χ1) is 14.9. The molecule has 1 amide bonds. The standard InChI is InChI=1S/C22H36N4O5/c1-18(2)17-30-14-8-21(23-16-20-7-5-4-6-19(20)3)24-10-12-25(13-11-24)22(27)9-15-31-26(28)29/h4-7,18,21,23H,8-17H2,1-3H3. The number of hydrogen-bond acceptors (Lipinski definition) is 7. The molecule has 1 aliphatic rings. The highest BCUT2D eigenvalue weighted by atomic mass is 16.9. The minimum atomic E-state index is -0.864. The summed E-state index contributed by atoms with van der Waals surface area (Å²) in [6.07, 6.45) is 1.05. The van der Waals surface area contributed by atoms with Crippen molar-refractivity contribution < 1.29 is 19.5 Å². The Kier molecular flexibility index (Phi) is 10.7. The number of benzene rings is 1. The van der Waals surface area contributed by atoms with E-state index in [-0.39, 0.29) is 25.1 Å². The van der Waals surface area contributed by atoms with Crippen LogP contribution >= 0.6 is 0 Å². The lowest BCUT2D eigenvalue weighted by molar-refractivity contribution is -0.757. The normalized spacial score (nSPS) is 15.8. The molecule has 1 N–H and O–H groups in total. The Morgan fingerprint density at radius 1 is 1.19 bits per heavy atom. The third-order valence-electron chi connectivity index (χ3n) is 5.40. The molecule has 1 heterocycles. The molecule has 9 heteroatoms. The van der Waals surface area contributed by atoms with Gasteiger partial charge in [-0.2, -0.15) is 0 Å². The van der Waals surface area contributed by atoms with Crippen molar-refractivity contribution in [2.24, 2.45) is 5.92 Å². The van der Waals surface area contributed by atoms with Crippen LogP contribution in [0.3, 0.4) is 0 Å². The van der Waals surface area contributed by atoms with E-state index in [1.54, 1.807) is 4.90 Å². The van der Waals surface area contributed by atoms with Gasteiger partial charge in [-0.25, -0.2) is 0 Å². The van der Waals surface area contributed by atoms with Crippen molar-refractivity contribution in [3.05, 3.63) is 45.5 Å². The van der Waals surface area contributed by atoms with Gasteiger partial charge in [0.2, 0.25) is 5.91 Å². The van der Waals surface area contributed by atoms with Gasteiger partial charge in [0.25, 0.3) is 5.09 Å². The largest absolute Gasteiger partial charge is 0.381 e. The number of piperazine rings is 1. The average Bonchev–Trinajstić information content (AvgIpc) is 2.74. The first kappa shape index (κ1) is 25.0. The van der Waals surface area contributed by atoms with Gasteiger partial charge in [-0.3, -0.25) is 15.0 Å². The summed E-state index contributed by atoms with van der Waals surface area (Å²) >= 11 is 0. The molecule has 1 fully saturated rings. The van der Waals surface area contributed by atoms with Crippen LogP contribution in [0.1, 0.15) is 37.8 Å². The van der Waals surface area contributed by atoms with E-state index in [9.17, 15) is 14.9 Å². The lowest BCUT2D eigenvalue weighted by Crippen LogP contribution is -2.56. The van der Waals surface area contributed by atoms with E-state index < -0.39 is 5.09 Å². The van der Waals surface area contributed by atoms with Gasteiger partial charge in [0.1, 0.15) is 6.61 Å². The Bertz CT molecular complexity index is 692. The van der Waals surface area contributed by atoms with Gasteiger partial charge >= 0.3 is 0 Å².